The summed E-state index contributed by atoms with van der Waals surface area (Å²) in [7, 11) is 0. The van der Waals surface area contributed by atoms with E-state index >= 15 is 0 Å². The van der Waals surface area contributed by atoms with Crippen molar-refractivity contribution in [3.8, 4) is 0 Å². The van der Waals surface area contributed by atoms with Crippen LogP contribution in [0.5, 0.6) is 0 Å². The molecule has 3 nitrogen and oxygen atoms in total. The molecule has 0 radical (unpaired) electrons. The van der Waals surface area contributed by atoms with Crippen LogP contribution in [0.4, 0.5) is 0 Å². The van der Waals surface area contributed by atoms with Crippen molar-refractivity contribution in [2.75, 3.05) is 13.1 Å². The summed E-state index contributed by atoms with van der Waals surface area (Å²) in [4.78, 5) is 14.4. The highest BCUT2D eigenvalue weighted by Gasteiger charge is 2.40. The summed E-state index contributed by atoms with van der Waals surface area (Å²) in [6.45, 7) is 1.67. The minimum absolute atomic E-state index is 0. The van der Waals surface area contributed by atoms with Gasteiger partial charge in [-0.05, 0) is 42.4 Å². The molecular weight excluding hydrogens is 343 g/mol. The first-order valence-electron chi connectivity index (χ1n) is 7.52. The Balaban J connectivity index is 0.00000176. The molecule has 3 atom stereocenters. The smallest absolute Gasteiger partial charge is 0.227 e. The van der Waals surface area contributed by atoms with Crippen LogP contribution >= 0.6 is 35.6 Å². The zero-order chi connectivity index (χ0) is 15.0. The molecule has 1 aliphatic heterocycles. The van der Waals surface area contributed by atoms with E-state index in [0.29, 0.717) is 28.3 Å². The Morgan fingerprint density at radius 2 is 2.00 bits per heavy atom. The molecule has 0 aromatic heterocycles. The van der Waals surface area contributed by atoms with Gasteiger partial charge in [0.1, 0.15) is 0 Å². The first kappa shape index (κ1) is 17.9. The molecule has 6 heteroatoms. The van der Waals surface area contributed by atoms with Gasteiger partial charge < -0.3 is 10.6 Å². The molecule has 3 rings (SSSR count). The molecule has 2 fully saturated rings. The third kappa shape index (κ3) is 3.70. The van der Waals surface area contributed by atoms with E-state index in [1.165, 1.54) is 12.8 Å². The van der Waals surface area contributed by atoms with Gasteiger partial charge in [0.2, 0.25) is 5.91 Å². The lowest BCUT2D eigenvalue weighted by Crippen LogP contribution is -2.38. The van der Waals surface area contributed by atoms with Gasteiger partial charge in [-0.2, -0.15) is 0 Å². The van der Waals surface area contributed by atoms with E-state index in [1.807, 2.05) is 11.0 Å². The summed E-state index contributed by atoms with van der Waals surface area (Å²) in [5.41, 5.74) is 7.11. The van der Waals surface area contributed by atoms with Crippen molar-refractivity contribution in [1.82, 2.24) is 4.90 Å². The summed E-state index contributed by atoms with van der Waals surface area (Å²) in [5, 5.41) is 1.02. The summed E-state index contributed by atoms with van der Waals surface area (Å²) in [6.07, 6.45) is 3.87. The van der Waals surface area contributed by atoms with Crippen molar-refractivity contribution in [2.24, 2.45) is 17.6 Å². The molecule has 1 heterocycles. The third-order valence-corrected chi connectivity index (χ3v) is 5.59. The second-order valence-corrected chi connectivity index (χ2v) is 7.06. The molecule has 0 spiro atoms. The number of hydrogen-bond acceptors (Lipinski definition) is 2. The second kappa shape index (κ2) is 7.39. The summed E-state index contributed by atoms with van der Waals surface area (Å²) >= 11 is 11.9. The Kier molecular flexibility index (Phi) is 6.00. The molecule has 1 aromatic carbocycles. The lowest BCUT2D eigenvalue weighted by Gasteiger charge is -2.29. The zero-order valence-electron chi connectivity index (χ0n) is 12.3. The molecule has 1 saturated carbocycles. The maximum absolute atomic E-state index is 12.5. The normalized spacial score (nSPS) is 27.2. The number of nitrogens with two attached hydrogens (primary N) is 1. The van der Waals surface area contributed by atoms with Crippen molar-refractivity contribution >= 4 is 41.5 Å². The van der Waals surface area contributed by atoms with Gasteiger partial charge in [-0.25, -0.2) is 0 Å². The van der Waals surface area contributed by atoms with Gasteiger partial charge in [0.15, 0.2) is 0 Å². The fourth-order valence-electron chi connectivity index (χ4n) is 3.66. The maximum atomic E-state index is 12.5. The van der Waals surface area contributed by atoms with Crippen LogP contribution in [0.2, 0.25) is 10.0 Å². The Labute approximate surface area is 147 Å². The Bertz CT molecular complexity index is 552. The van der Waals surface area contributed by atoms with Crippen LogP contribution in [-0.4, -0.2) is 29.9 Å². The fraction of sp³-hybridized carbons (Fsp3) is 0.562. The molecule has 2 N–H and O–H groups in total. The van der Waals surface area contributed by atoms with Crippen molar-refractivity contribution in [1.29, 1.82) is 0 Å². The number of amides is 1. The van der Waals surface area contributed by atoms with E-state index in [0.717, 1.165) is 25.1 Å². The third-order valence-electron chi connectivity index (χ3n) is 4.85. The van der Waals surface area contributed by atoms with Crippen LogP contribution in [0.25, 0.3) is 0 Å². The van der Waals surface area contributed by atoms with Crippen LogP contribution in [0.3, 0.4) is 0 Å². The summed E-state index contributed by atoms with van der Waals surface area (Å²) in [5.74, 6) is 1.23. The quantitative estimate of drug-likeness (QED) is 0.873. The number of halogens is 3. The second-order valence-electron chi connectivity index (χ2n) is 6.24. The van der Waals surface area contributed by atoms with Crippen molar-refractivity contribution < 1.29 is 4.79 Å². The van der Waals surface area contributed by atoms with Crippen molar-refractivity contribution in [2.45, 2.75) is 31.7 Å². The number of fused-ring (bicyclic) bond motifs is 1. The van der Waals surface area contributed by atoms with Crippen LogP contribution in [0, 0.1) is 11.8 Å². The Morgan fingerprint density at radius 3 is 2.68 bits per heavy atom. The van der Waals surface area contributed by atoms with Gasteiger partial charge in [-0.1, -0.05) is 35.7 Å². The van der Waals surface area contributed by atoms with Crippen LogP contribution < -0.4 is 5.73 Å². The van der Waals surface area contributed by atoms with Crippen LogP contribution in [0.1, 0.15) is 24.8 Å². The first-order valence-corrected chi connectivity index (χ1v) is 8.27. The summed E-state index contributed by atoms with van der Waals surface area (Å²) < 4.78 is 0. The molecule has 122 valence electrons. The van der Waals surface area contributed by atoms with Crippen molar-refractivity contribution in [3.05, 3.63) is 33.8 Å². The van der Waals surface area contributed by atoms with Gasteiger partial charge in [0.25, 0.3) is 0 Å². The minimum Gasteiger partial charge on any atom is -0.342 e. The van der Waals surface area contributed by atoms with Gasteiger partial charge in [0, 0.05) is 19.1 Å². The van der Waals surface area contributed by atoms with Crippen LogP contribution in [0.15, 0.2) is 18.2 Å². The largest absolute Gasteiger partial charge is 0.342 e. The average Bonchev–Trinajstić information content (AvgIpc) is 2.89. The predicted octanol–water partition coefficient (Wildman–Crippen LogP) is 3.54. The monoisotopic (exact) mass is 362 g/mol. The highest BCUT2D eigenvalue weighted by Crippen LogP contribution is 2.35. The fourth-order valence-corrected chi connectivity index (χ4v) is 3.98. The molecule has 0 bridgehead atoms. The highest BCUT2D eigenvalue weighted by molar-refractivity contribution is 6.42. The van der Waals surface area contributed by atoms with E-state index in [9.17, 15) is 4.79 Å². The zero-order valence-corrected chi connectivity index (χ0v) is 14.6. The summed E-state index contributed by atoms with van der Waals surface area (Å²) in [6, 6.07) is 5.63. The number of carbonyl (C=O) groups excluding carboxylic acids is 1. The number of nitrogens with zero attached hydrogens (tertiary/aromatic N) is 1. The lowest BCUT2D eigenvalue weighted by molar-refractivity contribution is -0.129. The molecule has 1 saturated heterocycles. The number of benzene rings is 1. The maximum Gasteiger partial charge on any atom is 0.227 e. The van der Waals surface area contributed by atoms with E-state index < -0.39 is 0 Å². The molecule has 1 aromatic rings. The molecular formula is C16H21Cl3N2O. The van der Waals surface area contributed by atoms with E-state index in [2.05, 4.69) is 0 Å². The number of likely N-dealkylation sites (tertiary alicyclic amines) is 1. The van der Waals surface area contributed by atoms with E-state index in [-0.39, 0.29) is 24.4 Å². The van der Waals surface area contributed by atoms with Gasteiger partial charge >= 0.3 is 0 Å². The molecule has 3 unspecified atom stereocenters. The molecule has 2 aliphatic rings. The molecule has 1 amide bonds. The van der Waals surface area contributed by atoms with Gasteiger partial charge in [-0.15, -0.1) is 12.4 Å². The molecule has 1 aliphatic carbocycles. The first-order chi connectivity index (χ1) is 10.0. The SMILES string of the molecule is Cl.NC1CCCC2CN(C(=O)Cc3ccc(Cl)c(Cl)c3)CC12. The number of hydrogen-bond donors (Lipinski definition) is 1. The Morgan fingerprint density at radius 1 is 1.23 bits per heavy atom. The van der Waals surface area contributed by atoms with Crippen LogP contribution in [-0.2, 0) is 11.2 Å². The Hall–Kier alpha value is -0.480. The van der Waals surface area contributed by atoms with Gasteiger partial charge in [0.05, 0.1) is 16.5 Å². The van der Waals surface area contributed by atoms with Gasteiger partial charge in [-0.3, -0.25) is 4.79 Å². The topological polar surface area (TPSA) is 46.3 Å². The predicted molar refractivity (Wildman–Crippen MR) is 92.8 cm³/mol. The highest BCUT2D eigenvalue weighted by atomic mass is 35.5. The van der Waals surface area contributed by atoms with E-state index in [1.54, 1.807) is 12.1 Å². The lowest BCUT2D eigenvalue weighted by atomic mass is 9.78. The average molecular weight is 364 g/mol. The molecule has 22 heavy (non-hydrogen) atoms. The minimum atomic E-state index is 0. The number of rotatable bonds is 2. The van der Waals surface area contributed by atoms with E-state index in [4.69, 9.17) is 28.9 Å². The van der Waals surface area contributed by atoms with Crippen molar-refractivity contribution in [3.63, 3.8) is 0 Å². The standard InChI is InChI=1S/C16H20Cl2N2O.ClH/c17-13-5-4-10(6-14(13)18)7-16(21)20-8-11-2-1-3-15(19)12(11)9-20;/h4-6,11-12,15H,1-3,7-9,19H2;1H. The number of carbonyl (C=O) groups is 1.